The maximum Gasteiger partial charge on any atom is 0.162 e. The second-order valence-corrected chi connectivity index (χ2v) is 4.66. The fraction of sp³-hybridized carbons (Fsp3) is 0.600. The fourth-order valence-corrected chi connectivity index (χ4v) is 2.35. The van der Waals surface area contributed by atoms with Gasteiger partial charge in [0.15, 0.2) is 5.82 Å². The molecular weight excluding hydrogens is 176 g/mol. The second kappa shape index (κ2) is 2.92. The normalized spacial score (nSPS) is 23.3. The molecule has 1 aromatic rings. The summed E-state index contributed by atoms with van der Waals surface area (Å²) in [6.45, 7) is 6.66. The van der Waals surface area contributed by atoms with Gasteiger partial charge in [-0.1, -0.05) is 20.8 Å². The fourth-order valence-electron chi connectivity index (χ4n) is 2.35. The first-order valence-corrected chi connectivity index (χ1v) is 4.89. The molecule has 1 aromatic heterocycles. The third kappa shape index (κ3) is 1.26. The minimum atomic E-state index is 0.191. The molecule has 0 saturated heterocycles. The van der Waals surface area contributed by atoms with E-state index in [0.717, 1.165) is 12.1 Å². The van der Waals surface area contributed by atoms with E-state index in [1.165, 1.54) is 5.56 Å². The number of aromatic nitrogens is 2. The van der Waals surface area contributed by atoms with Crippen LogP contribution in [0.25, 0.3) is 0 Å². The number of hydrazine groups is 1. The third-order valence-electron chi connectivity index (χ3n) is 2.98. The van der Waals surface area contributed by atoms with Gasteiger partial charge in [0, 0.05) is 5.92 Å². The number of rotatable bonds is 1. The van der Waals surface area contributed by atoms with Crippen molar-refractivity contribution in [3.05, 3.63) is 17.3 Å². The molecule has 76 valence electrons. The van der Waals surface area contributed by atoms with Gasteiger partial charge >= 0.3 is 0 Å². The van der Waals surface area contributed by atoms with Crippen LogP contribution >= 0.6 is 0 Å². The van der Waals surface area contributed by atoms with E-state index in [2.05, 4.69) is 36.4 Å². The number of hydrogen-bond acceptors (Lipinski definition) is 4. The number of fused-ring (bicyclic) bond motifs is 1. The standard InChI is InChI=1S/C10H16N4/c1-6-5-10(2,3)7-4-8(12-11)13-14-9(6)7/h4,6H,5,11H2,1-3H3,(H,12,13). The summed E-state index contributed by atoms with van der Waals surface area (Å²) in [6, 6.07) is 2.01. The van der Waals surface area contributed by atoms with E-state index in [9.17, 15) is 0 Å². The van der Waals surface area contributed by atoms with Crippen LogP contribution in [0.4, 0.5) is 5.82 Å². The van der Waals surface area contributed by atoms with Crippen molar-refractivity contribution in [2.75, 3.05) is 5.43 Å². The van der Waals surface area contributed by atoms with Gasteiger partial charge in [-0.15, -0.1) is 5.10 Å². The molecule has 0 saturated carbocycles. The number of hydrogen-bond donors (Lipinski definition) is 2. The Bertz CT molecular complexity index is 359. The summed E-state index contributed by atoms with van der Waals surface area (Å²) >= 11 is 0. The summed E-state index contributed by atoms with van der Waals surface area (Å²) in [5.41, 5.74) is 5.12. The molecular formula is C10H16N4. The van der Waals surface area contributed by atoms with E-state index in [1.807, 2.05) is 6.07 Å². The first kappa shape index (κ1) is 9.40. The predicted molar refractivity (Wildman–Crippen MR) is 55.9 cm³/mol. The molecule has 4 heteroatoms. The van der Waals surface area contributed by atoms with Crippen molar-refractivity contribution in [2.45, 2.75) is 38.5 Å². The van der Waals surface area contributed by atoms with Crippen LogP contribution in [-0.4, -0.2) is 10.2 Å². The zero-order valence-electron chi connectivity index (χ0n) is 8.83. The molecule has 0 aromatic carbocycles. The van der Waals surface area contributed by atoms with Gasteiger partial charge in [0.2, 0.25) is 0 Å². The Morgan fingerprint density at radius 1 is 1.50 bits per heavy atom. The average molecular weight is 192 g/mol. The Morgan fingerprint density at radius 3 is 2.86 bits per heavy atom. The molecule has 0 aliphatic heterocycles. The summed E-state index contributed by atoms with van der Waals surface area (Å²) in [5.74, 6) is 6.46. The molecule has 14 heavy (non-hydrogen) atoms. The van der Waals surface area contributed by atoms with Crippen LogP contribution < -0.4 is 11.3 Å². The number of nitrogens with zero attached hydrogens (tertiary/aromatic N) is 2. The lowest BCUT2D eigenvalue weighted by Gasteiger charge is -2.18. The maximum atomic E-state index is 5.31. The predicted octanol–water partition coefficient (Wildman–Crippen LogP) is 1.55. The first-order chi connectivity index (χ1) is 6.54. The molecule has 0 fully saturated rings. The quantitative estimate of drug-likeness (QED) is 0.523. The topological polar surface area (TPSA) is 63.8 Å². The van der Waals surface area contributed by atoms with Gasteiger partial charge in [0.1, 0.15) is 0 Å². The SMILES string of the molecule is CC1CC(C)(C)c2cc(NN)nnc21. The Kier molecular flexibility index (Phi) is 1.96. The molecule has 1 heterocycles. The Labute approximate surface area is 83.9 Å². The smallest absolute Gasteiger partial charge is 0.162 e. The van der Waals surface area contributed by atoms with Crippen LogP contribution in [0.5, 0.6) is 0 Å². The molecule has 3 N–H and O–H groups in total. The number of anilines is 1. The first-order valence-electron chi connectivity index (χ1n) is 4.89. The summed E-state index contributed by atoms with van der Waals surface area (Å²) < 4.78 is 0. The van der Waals surface area contributed by atoms with Crippen LogP contribution in [-0.2, 0) is 5.41 Å². The maximum absolute atomic E-state index is 5.31. The van der Waals surface area contributed by atoms with E-state index < -0.39 is 0 Å². The molecule has 1 atom stereocenters. The van der Waals surface area contributed by atoms with Crippen LogP contribution in [0.2, 0.25) is 0 Å². The van der Waals surface area contributed by atoms with E-state index in [0.29, 0.717) is 11.7 Å². The Balaban J connectivity index is 2.53. The van der Waals surface area contributed by atoms with E-state index >= 15 is 0 Å². The highest BCUT2D eigenvalue weighted by Crippen LogP contribution is 2.44. The number of nitrogen functional groups attached to an aromatic ring is 1. The molecule has 2 rings (SSSR count). The van der Waals surface area contributed by atoms with E-state index in [1.54, 1.807) is 0 Å². The van der Waals surface area contributed by atoms with Gasteiger partial charge in [-0.05, 0) is 23.5 Å². The van der Waals surface area contributed by atoms with Crippen LogP contribution in [0.3, 0.4) is 0 Å². The largest absolute Gasteiger partial charge is 0.307 e. The van der Waals surface area contributed by atoms with Gasteiger partial charge in [-0.25, -0.2) is 5.84 Å². The van der Waals surface area contributed by atoms with Gasteiger partial charge in [0.25, 0.3) is 0 Å². The van der Waals surface area contributed by atoms with Crippen molar-refractivity contribution in [3.8, 4) is 0 Å². The lowest BCUT2D eigenvalue weighted by atomic mass is 9.86. The van der Waals surface area contributed by atoms with Crippen LogP contribution in [0.1, 0.15) is 44.4 Å². The lowest BCUT2D eigenvalue weighted by molar-refractivity contribution is 0.488. The Hall–Kier alpha value is -1.16. The second-order valence-electron chi connectivity index (χ2n) is 4.66. The summed E-state index contributed by atoms with van der Waals surface area (Å²) in [5, 5.41) is 8.21. The van der Waals surface area contributed by atoms with E-state index in [-0.39, 0.29) is 5.41 Å². The molecule has 0 spiro atoms. The highest BCUT2D eigenvalue weighted by molar-refractivity contribution is 5.44. The van der Waals surface area contributed by atoms with Crippen LogP contribution in [0.15, 0.2) is 6.07 Å². The van der Waals surface area contributed by atoms with Gasteiger partial charge in [-0.3, -0.25) is 0 Å². The van der Waals surface area contributed by atoms with Crippen molar-refractivity contribution in [3.63, 3.8) is 0 Å². The van der Waals surface area contributed by atoms with Crippen molar-refractivity contribution in [1.82, 2.24) is 10.2 Å². The van der Waals surface area contributed by atoms with Crippen molar-refractivity contribution in [1.29, 1.82) is 0 Å². The number of nitrogens with one attached hydrogen (secondary N) is 1. The summed E-state index contributed by atoms with van der Waals surface area (Å²) in [7, 11) is 0. The molecule has 0 radical (unpaired) electrons. The molecule has 1 unspecified atom stereocenters. The van der Waals surface area contributed by atoms with Gasteiger partial charge in [-0.2, -0.15) is 5.10 Å². The third-order valence-corrected chi connectivity index (χ3v) is 2.98. The lowest BCUT2D eigenvalue weighted by Crippen LogP contribution is -2.15. The molecule has 0 amide bonds. The molecule has 4 nitrogen and oxygen atoms in total. The Morgan fingerprint density at radius 2 is 2.21 bits per heavy atom. The summed E-state index contributed by atoms with van der Waals surface area (Å²) in [4.78, 5) is 0. The monoisotopic (exact) mass is 192 g/mol. The van der Waals surface area contributed by atoms with Crippen molar-refractivity contribution < 1.29 is 0 Å². The van der Waals surface area contributed by atoms with Crippen molar-refractivity contribution in [2.24, 2.45) is 5.84 Å². The van der Waals surface area contributed by atoms with E-state index in [4.69, 9.17) is 5.84 Å². The molecule has 1 aliphatic carbocycles. The zero-order valence-corrected chi connectivity index (χ0v) is 8.83. The van der Waals surface area contributed by atoms with Crippen LogP contribution in [0, 0.1) is 0 Å². The molecule has 0 bridgehead atoms. The average Bonchev–Trinajstić information content (AvgIpc) is 2.37. The van der Waals surface area contributed by atoms with Crippen molar-refractivity contribution >= 4 is 5.82 Å². The highest BCUT2D eigenvalue weighted by Gasteiger charge is 2.36. The molecule has 1 aliphatic rings. The minimum Gasteiger partial charge on any atom is -0.307 e. The number of nitrogens with two attached hydrogens (primary N) is 1. The summed E-state index contributed by atoms with van der Waals surface area (Å²) in [6.07, 6.45) is 1.13. The van der Waals surface area contributed by atoms with Gasteiger partial charge in [0.05, 0.1) is 5.69 Å². The zero-order chi connectivity index (χ0) is 10.3. The van der Waals surface area contributed by atoms with Gasteiger partial charge < -0.3 is 5.43 Å². The minimum absolute atomic E-state index is 0.191. The highest BCUT2D eigenvalue weighted by atomic mass is 15.3.